The standard InChI is InChI=1S/C25H30ClNO6/c1-5-9-32-10-11-33-25(30)20-15(3)27-18-12-14(2)19(24(29)31-4)23(28)22(18)21(20)16-7-6-8-17(26)13-16/h6-8,13-14,19,21,27H,5,9-12H2,1-4H3/t14-,19-,21+/m1/s1. The number of hydrogen-bond donors (Lipinski definition) is 1. The number of methoxy groups -OCH3 is 1. The number of esters is 2. The van der Waals surface area contributed by atoms with Crippen molar-refractivity contribution in [3.63, 3.8) is 0 Å². The Morgan fingerprint density at radius 2 is 1.97 bits per heavy atom. The largest absolute Gasteiger partial charge is 0.468 e. The highest BCUT2D eigenvalue weighted by Crippen LogP contribution is 2.45. The summed E-state index contributed by atoms with van der Waals surface area (Å²) in [5.74, 6) is -3.36. The van der Waals surface area contributed by atoms with Crippen LogP contribution in [0, 0.1) is 11.8 Å². The number of dihydropyridines is 1. The average molecular weight is 476 g/mol. The van der Waals surface area contributed by atoms with Crippen molar-refractivity contribution in [3.05, 3.63) is 57.4 Å². The summed E-state index contributed by atoms with van der Waals surface area (Å²) < 4.78 is 15.8. The Hall–Kier alpha value is -2.64. The summed E-state index contributed by atoms with van der Waals surface area (Å²) in [6.45, 7) is 6.60. The van der Waals surface area contributed by atoms with Crippen LogP contribution in [0.3, 0.4) is 0 Å². The molecule has 1 aliphatic carbocycles. The number of halogens is 1. The van der Waals surface area contributed by atoms with Gasteiger partial charge in [-0.3, -0.25) is 9.59 Å². The second-order valence-electron chi connectivity index (χ2n) is 8.34. The number of ether oxygens (including phenoxy) is 3. The molecule has 0 spiro atoms. The zero-order valence-electron chi connectivity index (χ0n) is 19.4. The lowest BCUT2D eigenvalue weighted by molar-refractivity contribution is -0.151. The van der Waals surface area contributed by atoms with Crippen LogP contribution in [0.1, 0.15) is 45.1 Å². The molecular formula is C25H30ClNO6. The van der Waals surface area contributed by atoms with Gasteiger partial charge >= 0.3 is 11.9 Å². The topological polar surface area (TPSA) is 90.9 Å². The Kier molecular flexibility index (Phi) is 8.32. The number of rotatable bonds is 8. The molecule has 1 aromatic rings. The highest BCUT2D eigenvalue weighted by molar-refractivity contribution is 6.30. The third-order valence-electron chi connectivity index (χ3n) is 5.95. The van der Waals surface area contributed by atoms with E-state index in [1.165, 1.54) is 7.11 Å². The number of carbonyl (C=O) groups excluding carboxylic acids is 3. The fraction of sp³-hybridized carbons (Fsp3) is 0.480. The summed E-state index contributed by atoms with van der Waals surface area (Å²) in [5, 5.41) is 3.71. The van der Waals surface area contributed by atoms with Gasteiger partial charge < -0.3 is 19.5 Å². The van der Waals surface area contributed by atoms with Crippen molar-refractivity contribution >= 4 is 29.3 Å². The second-order valence-corrected chi connectivity index (χ2v) is 8.78. The molecule has 8 heteroatoms. The van der Waals surface area contributed by atoms with Crippen LogP contribution in [0.2, 0.25) is 5.02 Å². The first-order valence-electron chi connectivity index (χ1n) is 11.1. The zero-order chi connectivity index (χ0) is 24.1. The fourth-order valence-electron chi connectivity index (χ4n) is 4.49. The van der Waals surface area contributed by atoms with E-state index in [0.29, 0.717) is 46.2 Å². The lowest BCUT2D eigenvalue weighted by Crippen LogP contribution is -2.43. The maximum Gasteiger partial charge on any atom is 0.336 e. The highest BCUT2D eigenvalue weighted by Gasteiger charge is 2.47. The van der Waals surface area contributed by atoms with Crippen molar-refractivity contribution in [2.24, 2.45) is 11.8 Å². The molecule has 0 unspecified atom stereocenters. The van der Waals surface area contributed by atoms with E-state index in [4.69, 9.17) is 25.8 Å². The lowest BCUT2D eigenvalue weighted by atomic mass is 9.69. The molecule has 0 saturated heterocycles. The average Bonchev–Trinajstić information content (AvgIpc) is 2.77. The summed E-state index contributed by atoms with van der Waals surface area (Å²) in [4.78, 5) is 39.3. The van der Waals surface area contributed by atoms with Crippen LogP contribution in [-0.4, -0.2) is 44.7 Å². The molecule has 1 N–H and O–H groups in total. The third-order valence-corrected chi connectivity index (χ3v) is 6.19. The number of benzene rings is 1. The number of Topliss-reactive ketones (excluding diaryl/α,β-unsaturated/α-hetero) is 1. The Labute approximate surface area is 199 Å². The van der Waals surface area contributed by atoms with Crippen LogP contribution in [0.15, 0.2) is 46.8 Å². The molecular weight excluding hydrogens is 446 g/mol. The monoisotopic (exact) mass is 475 g/mol. The van der Waals surface area contributed by atoms with Crippen molar-refractivity contribution in [1.82, 2.24) is 5.32 Å². The SMILES string of the molecule is CCCOCCOC(=O)C1=C(C)NC2=C(C(=O)[C@H](C(=O)OC)[C@H](C)C2)[C@H]1c1cccc(Cl)c1. The van der Waals surface area contributed by atoms with Crippen LogP contribution in [0.25, 0.3) is 0 Å². The molecule has 0 saturated carbocycles. The van der Waals surface area contributed by atoms with Gasteiger partial charge in [-0.25, -0.2) is 4.79 Å². The smallest absolute Gasteiger partial charge is 0.336 e. The summed E-state index contributed by atoms with van der Waals surface area (Å²) in [6.07, 6.45) is 1.35. The van der Waals surface area contributed by atoms with E-state index in [9.17, 15) is 14.4 Å². The van der Waals surface area contributed by atoms with Crippen molar-refractivity contribution < 1.29 is 28.6 Å². The predicted molar refractivity (Wildman–Crippen MR) is 123 cm³/mol. The third kappa shape index (κ3) is 5.31. The molecule has 3 atom stereocenters. The second kappa shape index (κ2) is 11.0. The van der Waals surface area contributed by atoms with Gasteiger partial charge in [0.25, 0.3) is 0 Å². The van der Waals surface area contributed by atoms with Crippen molar-refractivity contribution in [2.45, 2.75) is 39.5 Å². The van der Waals surface area contributed by atoms with E-state index in [1.54, 1.807) is 25.1 Å². The molecule has 0 amide bonds. The summed E-state index contributed by atoms with van der Waals surface area (Å²) >= 11 is 6.26. The predicted octanol–water partition coefficient (Wildman–Crippen LogP) is 3.92. The summed E-state index contributed by atoms with van der Waals surface area (Å²) in [7, 11) is 1.27. The Morgan fingerprint density at radius 1 is 1.21 bits per heavy atom. The van der Waals surface area contributed by atoms with Crippen molar-refractivity contribution in [3.8, 4) is 0 Å². The van der Waals surface area contributed by atoms with Gasteiger partial charge in [0.05, 0.1) is 19.3 Å². The summed E-state index contributed by atoms with van der Waals surface area (Å²) in [5.41, 5.74) is 2.69. The van der Waals surface area contributed by atoms with Crippen LogP contribution in [0.4, 0.5) is 0 Å². The number of hydrogen-bond acceptors (Lipinski definition) is 7. The Morgan fingerprint density at radius 3 is 2.64 bits per heavy atom. The minimum absolute atomic E-state index is 0.0968. The van der Waals surface area contributed by atoms with Crippen LogP contribution in [0.5, 0.6) is 0 Å². The van der Waals surface area contributed by atoms with Crippen LogP contribution >= 0.6 is 11.6 Å². The van der Waals surface area contributed by atoms with Gasteiger partial charge in [0, 0.05) is 34.5 Å². The highest BCUT2D eigenvalue weighted by atomic mass is 35.5. The Bertz CT molecular complexity index is 998. The van der Waals surface area contributed by atoms with E-state index in [-0.39, 0.29) is 24.9 Å². The number of carbonyl (C=O) groups is 3. The van der Waals surface area contributed by atoms with Gasteiger partial charge in [-0.1, -0.05) is 37.6 Å². The number of ketones is 1. The molecule has 1 heterocycles. The van der Waals surface area contributed by atoms with E-state index >= 15 is 0 Å². The minimum atomic E-state index is -0.935. The molecule has 1 aromatic carbocycles. The first kappa shape index (κ1) is 25.0. The maximum atomic E-state index is 13.6. The quantitative estimate of drug-likeness (QED) is 0.346. The molecule has 2 aliphatic rings. The molecule has 1 aliphatic heterocycles. The fourth-order valence-corrected chi connectivity index (χ4v) is 4.69. The normalized spacial score (nSPS) is 22.6. The van der Waals surface area contributed by atoms with Gasteiger partial charge in [0.2, 0.25) is 0 Å². The van der Waals surface area contributed by atoms with Gasteiger partial charge in [-0.15, -0.1) is 0 Å². The molecule has 178 valence electrons. The van der Waals surface area contributed by atoms with Gasteiger partial charge in [-0.05, 0) is 43.4 Å². The molecule has 0 aromatic heterocycles. The molecule has 3 rings (SSSR count). The van der Waals surface area contributed by atoms with Gasteiger partial charge in [0.15, 0.2) is 5.78 Å². The van der Waals surface area contributed by atoms with E-state index < -0.39 is 23.8 Å². The van der Waals surface area contributed by atoms with E-state index in [0.717, 1.165) is 6.42 Å². The Balaban J connectivity index is 2.02. The molecule has 33 heavy (non-hydrogen) atoms. The van der Waals surface area contributed by atoms with Gasteiger partial charge in [-0.2, -0.15) is 0 Å². The van der Waals surface area contributed by atoms with Gasteiger partial charge in [0.1, 0.15) is 12.5 Å². The molecule has 0 fully saturated rings. The van der Waals surface area contributed by atoms with E-state index in [1.807, 2.05) is 19.9 Å². The van der Waals surface area contributed by atoms with E-state index in [2.05, 4.69) is 5.32 Å². The molecule has 0 bridgehead atoms. The zero-order valence-corrected chi connectivity index (χ0v) is 20.2. The number of nitrogens with one attached hydrogen (secondary N) is 1. The minimum Gasteiger partial charge on any atom is -0.468 e. The molecule has 0 radical (unpaired) electrons. The number of allylic oxidation sites excluding steroid dienone is 3. The first-order valence-corrected chi connectivity index (χ1v) is 11.5. The molecule has 7 nitrogen and oxygen atoms in total. The first-order chi connectivity index (χ1) is 15.8. The van der Waals surface area contributed by atoms with Crippen molar-refractivity contribution in [1.29, 1.82) is 0 Å². The summed E-state index contributed by atoms with van der Waals surface area (Å²) in [6, 6.07) is 7.04. The lowest BCUT2D eigenvalue weighted by Gasteiger charge is -2.38. The van der Waals surface area contributed by atoms with Crippen LogP contribution in [-0.2, 0) is 28.6 Å². The van der Waals surface area contributed by atoms with Crippen LogP contribution < -0.4 is 5.32 Å². The van der Waals surface area contributed by atoms with Crippen molar-refractivity contribution in [2.75, 3.05) is 26.9 Å². The maximum absolute atomic E-state index is 13.6.